The third-order valence-electron chi connectivity index (χ3n) is 2.69. The molecule has 104 valence electrons. The lowest BCUT2D eigenvalue weighted by atomic mass is 10.1. The SMILES string of the molecule is Cc1cc(C)c(C(N)=NO)c(Sc2cccc(Br)c2)n1. The van der Waals surface area contributed by atoms with Gasteiger partial charge in [-0.1, -0.05) is 38.9 Å². The summed E-state index contributed by atoms with van der Waals surface area (Å²) < 4.78 is 0.997. The molecule has 1 heterocycles. The molecule has 2 rings (SSSR count). The van der Waals surface area contributed by atoms with Crippen molar-refractivity contribution < 1.29 is 5.21 Å². The van der Waals surface area contributed by atoms with Gasteiger partial charge in [-0.15, -0.1) is 0 Å². The molecule has 20 heavy (non-hydrogen) atoms. The predicted octanol–water partition coefficient (Wildman–Crippen LogP) is 3.71. The molecule has 0 unspecified atom stereocenters. The normalized spacial score (nSPS) is 11.7. The van der Waals surface area contributed by atoms with E-state index in [0.717, 1.165) is 25.7 Å². The molecule has 0 aliphatic rings. The number of amidine groups is 1. The van der Waals surface area contributed by atoms with Gasteiger partial charge in [-0.05, 0) is 43.7 Å². The maximum atomic E-state index is 8.94. The van der Waals surface area contributed by atoms with Crippen LogP contribution >= 0.6 is 27.7 Å². The summed E-state index contributed by atoms with van der Waals surface area (Å²) >= 11 is 4.93. The van der Waals surface area contributed by atoms with Crippen molar-refractivity contribution >= 4 is 33.5 Å². The third kappa shape index (κ3) is 3.32. The fraction of sp³-hybridized carbons (Fsp3) is 0.143. The fourth-order valence-electron chi connectivity index (χ4n) is 1.88. The molecule has 0 fully saturated rings. The molecule has 0 bridgehead atoms. The first kappa shape index (κ1) is 14.9. The number of nitrogens with zero attached hydrogens (tertiary/aromatic N) is 2. The molecule has 0 atom stereocenters. The molecule has 3 N–H and O–H groups in total. The maximum Gasteiger partial charge on any atom is 0.173 e. The summed E-state index contributed by atoms with van der Waals surface area (Å²) in [5, 5.41) is 12.8. The average Bonchev–Trinajstić information content (AvgIpc) is 2.37. The van der Waals surface area contributed by atoms with Gasteiger partial charge in [0.05, 0.1) is 5.56 Å². The topological polar surface area (TPSA) is 71.5 Å². The second kappa shape index (κ2) is 6.28. The van der Waals surface area contributed by atoms with Gasteiger partial charge < -0.3 is 10.9 Å². The van der Waals surface area contributed by atoms with E-state index in [4.69, 9.17) is 10.9 Å². The van der Waals surface area contributed by atoms with Crippen molar-refractivity contribution in [2.24, 2.45) is 10.9 Å². The first-order valence-corrected chi connectivity index (χ1v) is 7.51. The van der Waals surface area contributed by atoms with E-state index in [1.807, 2.05) is 44.2 Å². The van der Waals surface area contributed by atoms with Crippen LogP contribution < -0.4 is 5.73 Å². The van der Waals surface area contributed by atoms with Crippen LogP contribution in [0.4, 0.5) is 0 Å². The number of aromatic nitrogens is 1. The Hall–Kier alpha value is -1.53. The van der Waals surface area contributed by atoms with Gasteiger partial charge in [0.2, 0.25) is 0 Å². The van der Waals surface area contributed by atoms with Gasteiger partial charge in [-0.3, -0.25) is 0 Å². The summed E-state index contributed by atoms with van der Waals surface area (Å²) in [5.74, 6) is 0.0764. The third-order valence-corrected chi connectivity index (χ3v) is 4.16. The van der Waals surface area contributed by atoms with E-state index in [9.17, 15) is 0 Å². The van der Waals surface area contributed by atoms with Crippen LogP contribution in [0.1, 0.15) is 16.8 Å². The van der Waals surface area contributed by atoms with Crippen LogP contribution in [0.5, 0.6) is 0 Å². The maximum absolute atomic E-state index is 8.94. The highest BCUT2D eigenvalue weighted by Gasteiger charge is 2.14. The second-order valence-electron chi connectivity index (χ2n) is 4.31. The molecule has 4 nitrogen and oxygen atoms in total. The van der Waals surface area contributed by atoms with Crippen molar-refractivity contribution in [3.63, 3.8) is 0 Å². The predicted molar refractivity (Wildman–Crippen MR) is 84.5 cm³/mol. The lowest BCUT2D eigenvalue weighted by Crippen LogP contribution is -2.17. The standard InChI is InChI=1S/C14H14BrN3OS/c1-8-6-9(2)17-14(12(8)13(16)18-19)20-11-5-3-4-10(15)7-11/h3-7,19H,1-2H3,(H2,16,18). The number of halogens is 1. The highest BCUT2D eigenvalue weighted by atomic mass is 79.9. The minimum Gasteiger partial charge on any atom is -0.409 e. The highest BCUT2D eigenvalue weighted by molar-refractivity contribution is 9.10. The zero-order chi connectivity index (χ0) is 14.7. The molecule has 0 amide bonds. The molecule has 6 heteroatoms. The van der Waals surface area contributed by atoms with E-state index in [-0.39, 0.29) is 5.84 Å². The van der Waals surface area contributed by atoms with Crippen LogP contribution in [0, 0.1) is 13.8 Å². The Bertz CT molecular complexity index is 673. The van der Waals surface area contributed by atoms with Gasteiger partial charge in [0.25, 0.3) is 0 Å². The Morgan fingerprint density at radius 1 is 1.35 bits per heavy atom. The van der Waals surface area contributed by atoms with Gasteiger partial charge in [-0.25, -0.2) is 4.98 Å². The van der Waals surface area contributed by atoms with Gasteiger partial charge >= 0.3 is 0 Å². The van der Waals surface area contributed by atoms with Crippen molar-refractivity contribution in [3.05, 3.63) is 51.6 Å². The molecule has 0 spiro atoms. The van der Waals surface area contributed by atoms with Crippen LogP contribution in [0.15, 0.2) is 49.9 Å². The monoisotopic (exact) mass is 351 g/mol. The quantitative estimate of drug-likeness (QED) is 0.382. The van der Waals surface area contributed by atoms with E-state index in [1.165, 1.54) is 11.8 Å². The molecular formula is C14H14BrN3OS. The fourth-order valence-corrected chi connectivity index (χ4v) is 3.54. The number of hydrogen-bond acceptors (Lipinski definition) is 4. The Balaban J connectivity index is 2.50. The van der Waals surface area contributed by atoms with Gasteiger partial charge in [0.1, 0.15) is 5.03 Å². The summed E-state index contributed by atoms with van der Waals surface area (Å²) in [7, 11) is 0. The summed E-state index contributed by atoms with van der Waals surface area (Å²) in [5.41, 5.74) is 8.27. The van der Waals surface area contributed by atoms with Crippen LogP contribution in [0.25, 0.3) is 0 Å². The van der Waals surface area contributed by atoms with Crippen LogP contribution in [-0.4, -0.2) is 16.0 Å². The van der Waals surface area contributed by atoms with Crippen LogP contribution in [0.3, 0.4) is 0 Å². The van der Waals surface area contributed by atoms with Gasteiger partial charge in [-0.2, -0.15) is 0 Å². The number of oxime groups is 1. The lowest BCUT2D eigenvalue weighted by molar-refractivity contribution is 0.318. The van der Waals surface area contributed by atoms with Crippen molar-refractivity contribution in [1.82, 2.24) is 4.98 Å². The molecule has 0 saturated heterocycles. The molecule has 0 radical (unpaired) electrons. The Morgan fingerprint density at radius 3 is 2.75 bits per heavy atom. The zero-order valence-electron chi connectivity index (χ0n) is 11.1. The number of pyridine rings is 1. The average molecular weight is 352 g/mol. The van der Waals surface area contributed by atoms with E-state index < -0.39 is 0 Å². The number of benzene rings is 1. The Labute approximate surface area is 130 Å². The Morgan fingerprint density at radius 2 is 2.10 bits per heavy atom. The van der Waals surface area contributed by atoms with Crippen molar-refractivity contribution in [2.75, 3.05) is 0 Å². The first-order valence-electron chi connectivity index (χ1n) is 5.91. The summed E-state index contributed by atoms with van der Waals surface area (Å²) in [4.78, 5) is 5.54. The van der Waals surface area contributed by atoms with Crippen molar-refractivity contribution in [3.8, 4) is 0 Å². The van der Waals surface area contributed by atoms with E-state index in [2.05, 4.69) is 26.1 Å². The lowest BCUT2D eigenvalue weighted by Gasteiger charge is -2.11. The summed E-state index contributed by atoms with van der Waals surface area (Å²) in [6.45, 7) is 3.85. The van der Waals surface area contributed by atoms with Crippen molar-refractivity contribution in [1.29, 1.82) is 0 Å². The van der Waals surface area contributed by atoms with E-state index >= 15 is 0 Å². The molecule has 0 aliphatic heterocycles. The molecule has 2 aromatic rings. The second-order valence-corrected chi connectivity index (χ2v) is 6.28. The van der Waals surface area contributed by atoms with Crippen molar-refractivity contribution in [2.45, 2.75) is 23.8 Å². The Kier molecular flexibility index (Phi) is 4.67. The number of hydrogen-bond donors (Lipinski definition) is 2. The minimum atomic E-state index is 0.0764. The molecule has 1 aromatic carbocycles. The molecule has 0 aliphatic carbocycles. The highest BCUT2D eigenvalue weighted by Crippen LogP contribution is 2.32. The van der Waals surface area contributed by atoms with Crippen LogP contribution in [0.2, 0.25) is 0 Å². The summed E-state index contributed by atoms with van der Waals surface area (Å²) in [6, 6.07) is 9.82. The van der Waals surface area contributed by atoms with Gasteiger partial charge in [0.15, 0.2) is 5.84 Å². The first-order chi connectivity index (χ1) is 9.51. The summed E-state index contributed by atoms with van der Waals surface area (Å²) in [6.07, 6.45) is 0. The largest absolute Gasteiger partial charge is 0.409 e. The molecular weight excluding hydrogens is 338 g/mol. The van der Waals surface area contributed by atoms with E-state index in [0.29, 0.717) is 5.56 Å². The zero-order valence-corrected chi connectivity index (χ0v) is 13.5. The smallest absolute Gasteiger partial charge is 0.173 e. The van der Waals surface area contributed by atoms with E-state index in [1.54, 1.807) is 0 Å². The minimum absolute atomic E-state index is 0.0764. The number of rotatable bonds is 3. The van der Waals surface area contributed by atoms with Crippen LogP contribution in [-0.2, 0) is 0 Å². The molecule has 1 aromatic heterocycles. The number of aryl methyl sites for hydroxylation is 2. The molecule has 0 saturated carbocycles. The van der Waals surface area contributed by atoms with Gasteiger partial charge in [0, 0.05) is 15.1 Å². The number of nitrogens with two attached hydrogens (primary N) is 1.